The molecular weight excluding hydrogens is 378 g/mol. The smallest absolute Gasteiger partial charge is 0.163 e. The van der Waals surface area contributed by atoms with Gasteiger partial charge in [0.2, 0.25) is 0 Å². The molecule has 29 heavy (non-hydrogen) atoms. The molecular formula is C24H29N3OS. The zero-order valence-electron chi connectivity index (χ0n) is 17.5. The number of anilines is 1. The molecule has 0 saturated carbocycles. The summed E-state index contributed by atoms with van der Waals surface area (Å²) in [5.41, 5.74) is 2.83. The van der Waals surface area contributed by atoms with Crippen molar-refractivity contribution in [2.24, 2.45) is 5.92 Å². The predicted molar refractivity (Wildman–Crippen MR) is 123 cm³/mol. The standard InChI is InChI=1S/C24H29N3OS/c1-4-26-10-12-27(13-11-26)24-23-20(9-14-29-23)16-21(25-24)18-5-7-19(8-6-18)22(28)15-17(2)3/h5-9,14,16-17H,4,10-13,15H2,1-3H3. The molecule has 2 aromatic heterocycles. The number of fused-ring (bicyclic) bond motifs is 1. The Hall–Kier alpha value is -2.24. The highest BCUT2D eigenvalue weighted by Gasteiger charge is 2.20. The molecule has 3 heterocycles. The van der Waals surface area contributed by atoms with Crippen molar-refractivity contribution < 1.29 is 4.79 Å². The number of rotatable bonds is 6. The van der Waals surface area contributed by atoms with Crippen molar-refractivity contribution in [2.45, 2.75) is 27.2 Å². The van der Waals surface area contributed by atoms with E-state index in [1.165, 1.54) is 10.1 Å². The first-order valence-electron chi connectivity index (χ1n) is 10.5. The number of aromatic nitrogens is 1. The van der Waals surface area contributed by atoms with E-state index in [2.05, 4.69) is 48.1 Å². The van der Waals surface area contributed by atoms with Crippen LogP contribution in [0.3, 0.4) is 0 Å². The number of carbonyl (C=O) groups is 1. The molecule has 0 unspecified atom stereocenters. The lowest BCUT2D eigenvalue weighted by Gasteiger charge is -2.35. The Bertz CT molecular complexity index is 985. The fourth-order valence-corrected chi connectivity index (χ4v) is 4.81. The minimum Gasteiger partial charge on any atom is -0.353 e. The third kappa shape index (κ3) is 4.36. The van der Waals surface area contributed by atoms with E-state index in [0.717, 1.165) is 55.4 Å². The van der Waals surface area contributed by atoms with E-state index >= 15 is 0 Å². The number of ketones is 1. The normalized spacial score (nSPS) is 15.4. The van der Waals surface area contributed by atoms with E-state index in [4.69, 9.17) is 4.98 Å². The molecule has 4 nitrogen and oxygen atoms in total. The second-order valence-corrected chi connectivity index (χ2v) is 9.11. The van der Waals surface area contributed by atoms with E-state index in [-0.39, 0.29) is 5.78 Å². The quantitative estimate of drug-likeness (QED) is 0.517. The number of hydrogen-bond donors (Lipinski definition) is 0. The summed E-state index contributed by atoms with van der Waals surface area (Å²) < 4.78 is 1.27. The Morgan fingerprint density at radius 3 is 2.48 bits per heavy atom. The van der Waals surface area contributed by atoms with Crippen molar-refractivity contribution in [1.29, 1.82) is 0 Å². The number of likely N-dealkylation sites (N-methyl/N-ethyl adjacent to an activating group) is 1. The van der Waals surface area contributed by atoms with Crippen LogP contribution in [0.4, 0.5) is 5.82 Å². The second kappa shape index (κ2) is 8.64. The van der Waals surface area contributed by atoms with Gasteiger partial charge in [-0.3, -0.25) is 4.79 Å². The topological polar surface area (TPSA) is 36.4 Å². The molecule has 152 valence electrons. The highest BCUT2D eigenvalue weighted by atomic mass is 32.1. The van der Waals surface area contributed by atoms with Crippen LogP contribution in [0.1, 0.15) is 37.6 Å². The zero-order valence-corrected chi connectivity index (χ0v) is 18.3. The summed E-state index contributed by atoms with van der Waals surface area (Å²) in [6, 6.07) is 12.3. The average Bonchev–Trinajstić information content (AvgIpc) is 3.21. The highest BCUT2D eigenvalue weighted by Crippen LogP contribution is 2.34. The number of thiophene rings is 1. The largest absolute Gasteiger partial charge is 0.353 e. The van der Waals surface area contributed by atoms with Gasteiger partial charge in [0.25, 0.3) is 0 Å². The Kier molecular flexibility index (Phi) is 5.97. The summed E-state index contributed by atoms with van der Waals surface area (Å²) in [4.78, 5) is 22.3. The minimum absolute atomic E-state index is 0.210. The molecule has 0 radical (unpaired) electrons. The third-order valence-electron chi connectivity index (χ3n) is 5.63. The number of nitrogens with zero attached hydrogens (tertiary/aromatic N) is 3. The van der Waals surface area contributed by atoms with Gasteiger partial charge in [-0.05, 0) is 35.4 Å². The Morgan fingerprint density at radius 2 is 1.83 bits per heavy atom. The van der Waals surface area contributed by atoms with E-state index in [1.54, 1.807) is 11.3 Å². The molecule has 5 heteroatoms. The number of pyridine rings is 1. The molecule has 0 spiro atoms. The van der Waals surface area contributed by atoms with Gasteiger partial charge in [0.05, 0.1) is 10.4 Å². The highest BCUT2D eigenvalue weighted by molar-refractivity contribution is 7.17. The summed E-state index contributed by atoms with van der Waals surface area (Å²) in [7, 11) is 0. The lowest BCUT2D eigenvalue weighted by molar-refractivity contribution is 0.0968. The van der Waals surface area contributed by atoms with Crippen LogP contribution in [-0.4, -0.2) is 48.4 Å². The van der Waals surface area contributed by atoms with E-state index in [9.17, 15) is 4.79 Å². The lowest BCUT2D eigenvalue weighted by Crippen LogP contribution is -2.46. The van der Waals surface area contributed by atoms with E-state index < -0.39 is 0 Å². The minimum atomic E-state index is 0.210. The molecule has 0 atom stereocenters. The van der Waals surface area contributed by atoms with Crippen LogP contribution in [0.15, 0.2) is 41.8 Å². The van der Waals surface area contributed by atoms with Crippen LogP contribution in [0.2, 0.25) is 0 Å². The van der Waals surface area contributed by atoms with Crippen molar-refractivity contribution in [3.63, 3.8) is 0 Å². The van der Waals surface area contributed by atoms with Crippen LogP contribution in [0.5, 0.6) is 0 Å². The maximum absolute atomic E-state index is 12.3. The Balaban J connectivity index is 1.64. The van der Waals surface area contributed by atoms with Crippen LogP contribution < -0.4 is 4.90 Å². The van der Waals surface area contributed by atoms with Crippen LogP contribution in [0.25, 0.3) is 21.3 Å². The van der Waals surface area contributed by atoms with Crippen LogP contribution in [0, 0.1) is 5.92 Å². The van der Waals surface area contributed by atoms with Gasteiger partial charge in [-0.25, -0.2) is 4.98 Å². The summed E-state index contributed by atoms with van der Waals surface area (Å²) >= 11 is 1.77. The predicted octanol–water partition coefficient (Wildman–Crippen LogP) is 5.33. The van der Waals surface area contributed by atoms with Crippen LogP contribution in [-0.2, 0) is 0 Å². The molecule has 0 bridgehead atoms. The number of Topliss-reactive ketones (excluding diaryl/α,β-unsaturated/α-hetero) is 1. The molecule has 1 saturated heterocycles. The fourth-order valence-electron chi connectivity index (χ4n) is 3.91. The van der Waals surface area contributed by atoms with Gasteiger partial charge in [-0.2, -0.15) is 0 Å². The molecule has 1 aromatic carbocycles. The van der Waals surface area contributed by atoms with Gasteiger partial charge in [-0.15, -0.1) is 11.3 Å². The summed E-state index contributed by atoms with van der Waals surface area (Å²) in [6.45, 7) is 11.7. The monoisotopic (exact) mass is 407 g/mol. The molecule has 1 fully saturated rings. The number of carbonyl (C=O) groups excluding carboxylic acids is 1. The maximum Gasteiger partial charge on any atom is 0.163 e. The van der Waals surface area contributed by atoms with Gasteiger partial charge in [0.15, 0.2) is 5.78 Å². The first-order valence-corrected chi connectivity index (χ1v) is 11.4. The van der Waals surface area contributed by atoms with E-state index in [0.29, 0.717) is 12.3 Å². The second-order valence-electron chi connectivity index (χ2n) is 8.19. The van der Waals surface area contributed by atoms with E-state index in [1.807, 2.05) is 24.3 Å². The zero-order chi connectivity index (χ0) is 20.4. The Labute approximate surface area is 177 Å². The average molecular weight is 408 g/mol. The maximum atomic E-state index is 12.3. The van der Waals surface area contributed by atoms with Crippen molar-refractivity contribution in [2.75, 3.05) is 37.6 Å². The lowest BCUT2D eigenvalue weighted by atomic mass is 9.99. The number of hydrogen-bond acceptors (Lipinski definition) is 5. The van der Waals surface area contributed by atoms with Gasteiger partial charge in [-0.1, -0.05) is 45.0 Å². The Morgan fingerprint density at radius 1 is 1.10 bits per heavy atom. The first-order chi connectivity index (χ1) is 14.0. The van der Waals surface area contributed by atoms with Gasteiger partial charge in [0, 0.05) is 43.7 Å². The molecule has 4 rings (SSSR count). The first kappa shape index (κ1) is 20.0. The number of piperazine rings is 1. The van der Waals surface area contributed by atoms with Crippen LogP contribution >= 0.6 is 11.3 Å². The van der Waals surface area contributed by atoms with Gasteiger partial charge < -0.3 is 9.80 Å². The molecule has 1 aliphatic heterocycles. The molecule has 3 aromatic rings. The third-order valence-corrected chi connectivity index (χ3v) is 6.56. The SMILES string of the molecule is CCN1CCN(c2nc(-c3ccc(C(=O)CC(C)C)cc3)cc3ccsc23)CC1. The number of benzene rings is 1. The van der Waals surface area contributed by atoms with Crippen molar-refractivity contribution >= 4 is 33.0 Å². The molecule has 0 aliphatic carbocycles. The van der Waals surface area contributed by atoms with Gasteiger partial charge >= 0.3 is 0 Å². The molecule has 0 amide bonds. The van der Waals surface area contributed by atoms with Crippen molar-refractivity contribution in [3.05, 3.63) is 47.3 Å². The van der Waals surface area contributed by atoms with Crippen molar-refractivity contribution in [1.82, 2.24) is 9.88 Å². The van der Waals surface area contributed by atoms with Gasteiger partial charge in [0.1, 0.15) is 5.82 Å². The summed E-state index contributed by atoms with van der Waals surface area (Å²) in [6.07, 6.45) is 0.590. The summed E-state index contributed by atoms with van der Waals surface area (Å²) in [5, 5.41) is 3.39. The summed E-state index contributed by atoms with van der Waals surface area (Å²) in [5.74, 6) is 1.69. The molecule has 1 aliphatic rings. The van der Waals surface area contributed by atoms with Crippen molar-refractivity contribution in [3.8, 4) is 11.3 Å². The fraction of sp³-hybridized carbons (Fsp3) is 0.417. The molecule has 0 N–H and O–H groups in total.